The van der Waals surface area contributed by atoms with Gasteiger partial charge in [0.1, 0.15) is 0 Å². The topological polar surface area (TPSA) is 45.7 Å². The molecule has 4 nitrogen and oxygen atoms in total. The van der Waals surface area contributed by atoms with E-state index in [1.165, 1.54) is 25.7 Å². The van der Waals surface area contributed by atoms with Crippen LogP contribution in [-0.4, -0.2) is 39.3 Å². The fraction of sp³-hybridized carbons (Fsp3) is 0.812. The fourth-order valence-electron chi connectivity index (χ4n) is 2.89. The normalized spacial score (nSPS) is 21.4. The van der Waals surface area contributed by atoms with Crippen LogP contribution in [0.3, 0.4) is 0 Å². The fourth-order valence-corrected chi connectivity index (χ4v) is 2.89. The van der Waals surface area contributed by atoms with Crippen LogP contribution in [-0.2, 0) is 4.74 Å². The van der Waals surface area contributed by atoms with E-state index >= 15 is 0 Å². The van der Waals surface area contributed by atoms with E-state index in [1.54, 1.807) is 5.57 Å². The van der Waals surface area contributed by atoms with Gasteiger partial charge in [-0.25, -0.2) is 0 Å². The summed E-state index contributed by atoms with van der Waals surface area (Å²) >= 11 is 0. The molecule has 0 bridgehead atoms. The first-order valence-corrected chi connectivity index (χ1v) is 8.08. The highest BCUT2D eigenvalue weighted by atomic mass is 16.5. The van der Waals surface area contributed by atoms with Gasteiger partial charge in [-0.1, -0.05) is 11.6 Å². The Morgan fingerprint density at radius 1 is 1.30 bits per heavy atom. The van der Waals surface area contributed by atoms with Gasteiger partial charge in [0.25, 0.3) is 0 Å². The standard InChI is InChI=1S/C16H29N3O/c1-17-16(19-13-15-8-11-20-12-9-15)18-10-7-14-5-3-2-4-6-14/h5,15H,2-4,6-13H2,1H3,(H2,17,18,19). The molecule has 0 radical (unpaired) electrons. The molecule has 20 heavy (non-hydrogen) atoms. The Labute approximate surface area is 123 Å². The van der Waals surface area contributed by atoms with E-state index in [-0.39, 0.29) is 0 Å². The van der Waals surface area contributed by atoms with E-state index in [9.17, 15) is 0 Å². The molecule has 2 N–H and O–H groups in total. The third-order valence-corrected chi connectivity index (χ3v) is 4.25. The minimum Gasteiger partial charge on any atom is -0.381 e. The molecule has 4 heteroatoms. The number of hydrogen-bond acceptors (Lipinski definition) is 2. The maximum atomic E-state index is 5.39. The van der Waals surface area contributed by atoms with Crippen molar-refractivity contribution in [2.24, 2.45) is 10.9 Å². The molecule has 0 atom stereocenters. The van der Waals surface area contributed by atoms with Crippen LogP contribution in [0.25, 0.3) is 0 Å². The Morgan fingerprint density at radius 2 is 2.15 bits per heavy atom. The van der Waals surface area contributed by atoms with Crippen molar-refractivity contribution < 1.29 is 4.74 Å². The lowest BCUT2D eigenvalue weighted by atomic mass is 9.97. The zero-order chi connectivity index (χ0) is 14.0. The first-order chi connectivity index (χ1) is 9.88. The lowest BCUT2D eigenvalue weighted by Gasteiger charge is -2.23. The quantitative estimate of drug-likeness (QED) is 0.462. The summed E-state index contributed by atoms with van der Waals surface area (Å²) in [6.07, 6.45) is 11.2. The molecule has 1 heterocycles. The lowest BCUT2D eigenvalue weighted by molar-refractivity contribution is 0.0675. The van der Waals surface area contributed by atoms with Gasteiger partial charge in [0.05, 0.1) is 0 Å². The third kappa shape index (κ3) is 5.53. The molecule has 0 spiro atoms. The number of nitrogens with one attached hydrogen (secondary N) is 2. The smallest absolute Gasteiger partial charge is 0.190 e. The summed E-state index contributed by atoms with van der Waals surface area (Å²) in [5.74, 6) is 1.66. The molecule has 1 aliphatic carbocycles. The van der Waals surface area contributed by atoms with E-state index < -0.39 is 0 Å². The van der Waals surface area contributed by atoms with Crippen LogP contribution in [0.5, 0.6) is 0 Å². The molecular formula is C16H29N3O. The zero-order valence-corrected chi connectivity index (χ0v) is 12.8. The molecule has 2 aliphatic rings. The van der Waals surface area contributed by atoms with Crippen LogP contribution >= 0.6 is 0 Å². The summed E-state index contributed by atoms with van der Waals surface area (Å²) in [4.78, 5) is 4.30. The predicted molar refractivity (Wildman–Crippen MR) is 84.1 cm³/mol. The average Bonchev–Trinajstić information content (AvgIpc) is 2.52. The van der Waals surface area contributed by atoms with Gasteiger partial charge in [-0.2, -0.15) is 0 Å². The van der Waals surface area contributed by atoms with Crippen molar-refractivity contribution in [3.05, 3.63) is 11.6 Å². The second-order valence-electron chi connectivity index (χ2n) is 5.79. The number of rotatable bonds is 5. The van der Waals surface area contributed by atoms with Crippen molar-refractivity contribution in [1.82, 2.24) is 10.6 Å². The molecule has 0 aromatic rings. The van der Waals surface area contributed by atoms with E-state index in [4.69, 9.17) is 4.74 Å². The predicted octanol–water partition coefficient (Wildman–Crippen LogP) is 2.47. The van der Waals surface area contributed by atoms with E-state index in [0.29, 0.717) is 0 Å². The van der Waals surface area contributed by atoms with Crippen LogP contribution in [0.1, 0.15) is 44.9 Å². The largest absolute Gasteiger partial charge is 0.381 e. The molecule has 0 aromatic carbocycles. The molecule has 0 unspecified atom stereocenters. The van der Waals surface area contributed by atoms with Gasteiger partial charge < -0.3 is 15.4 Å². The van der Waals surface area contributed by atoms with Gasteiger partial charge in [0.2, 0.25) is 0 Å². The maximum absolute atomic E-state index is 5.39. The second-order valence-corrected chi connectivity index (χ2v) is 5.79. The van der Waals surface area contributed by atoms with E-state index in [2.05, 4.69) is 21.7 Å². The van der Waals surface area contributed by atoms with Gasteiger partial charge in [-0.3, -0.25) is 4.99 Å². The summed E-state index contributed by atoms with van der Waals surface area (Å²) in [5.41, 5.74) is 1.61. The Bertz CT molecular complexity index is 333. The summed E-state index contributed by atoms with van der Waals surface area (Å²) in [5, 5.41) is 6.86. The number of aliphatic imine (C=N–C) groups is 1. The minimum absolute atomic E-state index is 0.725. The summed E-state index contributed by atoms with van der Waals surface area (Å²) in [6.45, 7) is 3.81. The maximum Gasteiger partial charge on any atom is 0.190 e. The van der Waals surface area contributed by atoms with E-state index in [0.717, 1.165) is 57.4 Å². The zero-order valence-electron chi connectivity index (χ0n) is 12.8. The highest BCUT2D eigenvalue weighted by Crippen LogP contribution is 2.19. The highest BCUT2D eigenvalue weighted by Gasteiger charge is 2.13. The number of ether oxygens (including phenoxy) is 1. The summed E-state index contributed by atoms with van der Waals surface area (Å²) in [7, 11) is 1.85. The molecule has 1 fully saturated rings. The second kappa shape index (κ2) is 9.01. The Balaban J connectivity index is 1.60. The number of hydrogen-bond donors (Lipinski definition) is 2. The van der Waals surface area contributed by atoms with Crippen molar-refractivity contribution in [2.75, 3.05) is 33.4 Å². The monoisotopic (exact) mass is 279 g/mol. The van der Waals surface area contributed by atoms with Crippen LogP contribution in [0.2, 0.25) is 0 Å². The first kappa shape index (κ1) is 15.4. The van der Waals surface area contributed by atoms with Crippen molar-refractivity contribution in [1.29, 1.82) is 0 Å². The molecular weight excluding hydrogens is 250 g/mol. The molecule has 1 aliphatic heterocycles. The van der Waals surface area contributed by atoms with Crippen molar-refractivity contribution >= 4 is 5.96 Å². The molecule has 114 valence electrons. The van der Waals surface area contributed by atoms with Crippen molar-refractivity contribution in [3.8, 4) is 0 Å². The van der Waals surface area contributed by atoms with E-state index in [1.807, 2.05) is 7.05 Å². The molecule has 0 amide bonds. The van der Waals surface area contributed by atoms with Crippen LogP contribution in [0, 0.1) is 5.92 Å². The molecule has 0 aromatic heterocycles. The average molecular weight is 279 g/mol. The Hall–Kier alpha value is -1.03. The molecule has 0 saturated carbocycles. The van der Waals surface area contributed by atoms with Gasteiger partial charge in [-0.05, 0) is 50.9 Å². The number of nitrogens with zero attached hydrogens (tertiary/aromatic N) is 1. The summed E-state index contributed by atoms with van der Waals surface area (Å²) < 4.78 is 5.39. The highest BCUT2D eigenvalue weighted by molar-refractivity contribution is 5.79. The van der Waals surface area contributed by atoms with Gasteiger partial charge >= 0.3 is 0 Å². The SMILES string of the molecule is CN=C(NCCC1=CCCCC1)NCC1CCOCC1. The van der Waals surface area contributed by atoms with Crippen LogP contribution < -0.4 is 10.6 Å². The van der Waals surface area contributed by atoms with Crippen LogP contribution in [0.4, 0.5) is 0 Å². The number of allylic oxidation sites excluding steroid dienone is 1. The first-order valence-electron chi connectivity index (χ1n) is 8.08. The van der Waals surface area contributed by atoms with Crippen molar-refractivity contribution in [2.45, 2.75) is 44.9 Å². The number of guanidine groups is 1. The third-order valence-electron chi connectivity index (χ3n) is 4.25. The van der Waals surface area contributed by atoms with Gasteiger partial charge in [-0.15, -0.1) is 0 Å². The van der Waals surface area contributed by atoms with Crippen LogP contribution in [0.15, 0.2) is 16.6 Å². The van der Waals surface area contributed by atoms with Gasteiger partial charge in [0, 0.05) is 33.4 Å². The lowest BCUT2D eigenvalue weighted by Crippen LogP contribution is -2.41. The van der Waals surface area contributed by atoms with Crippen molar-refractivity contribution in [3.63, 3.8) is 0 Å². The molecule has 2 rings (SSSR count). The minimum atomic E-state index is 0.725. The Kier molecular flexibility index (Phi) is 6.92. The Morgan fingerprint density at radius 3 is 2.85 bits per heavy atom. The molecule has 1 saturated heterocycles. The van der Waals surface area contributed by atoms with Gasteiger partial charge in [0.15, 0.2) is 5.96 Å². The summed E-state index contributed by atoms with van der Waals surface area (Å²) in [6, 6.07) is 0.